The van der Waals surface area contributed by atoms with Gasteiger partial charge >= 0.3 is 0 Å². The molecule has 0 bridgehead atoms. The van der Waals surface area contributed by atoms with E-state index in [1.165, 1.54) is 4.31 Å². The molecule has 1 saturated heterocycles. The van der Waals surface area contributed by atoms with Crippen molar-refractivity contribution in [2.75, 3.05) is 20.1 Å². The molecule has 1 heterocycles. The van der Waals surface area contributed by atoms with E-state index in [4.69, 9.17) is 0 Å². The molecule has 114 valence electrons. The predicted octanol–water partition coefficient (Wildman–Crippen LogP) is 2.55. The Hall–Kier alpha value is -0.140. The summed E-state index contributed by atoms with van der Waals surface area (Å²) in [6.07, 6.45) is 1.72. The minimum Gasteiger partial charge on any atom is -0.317 e. The van der Waals surface area contributed by atoms with Crippen molar-refractivity contribution in [1.82, 2.24) is 9.62 Å². The molecule has 20 heavy (non-hydrogen) atoms. The van der Waals surface area contributed by atoms with Crippen LogP contribution >= 0.6 is 28.3 Å². The van der Waals surface area contributed by atoms with Crippen LogP contribution in [-0.4, -0.2) is 38.9 Å². The Balaban J connectivity index is 0.00000200. The van der Waals surface area contributed by atoms with Gasteiger partial charge in [0.05, 0.1) is 4.90 Å². The van der Waals surface area contributed by atoms with Gasteiger partial charge in [0, 0.05) is 17.6 Å². The fourth-order valence-corrected chi connectivity index (χ4v) is 4.77. The van der Waals surface area contributed by atoms with E-state index in [1.54, 1.807) is 19.2 Å². The minimum absolute atomic E-state index is 0. The van der Waals surface area contributed by atoms with Crippen molar-refractivity contribution in [2.24, 2.45) is 0 Å². The van der Waals surface area contributed by atoms with Crippen LogP contribution < -0.4 is 5.32 Å². The molecular weight excluding hydrogens is 364 g/mol. The Labute approximate surface area is 135 Å². The van der Waals surface area contributed by atoms with Crippen molar-refractivity contribution in [3.63, 3.8) is 0 Å². The average molecular weight is 384 g/mol. The molecular formula is C13H20BrClN2O2S. The smallest absolute Gasteiger partial charge is 0.244 e. The largest absolute Gasteiger partial charge is 0.317 e. The summed E-state index contributed by atoms with van der Waals surface area (Å²) >= 11 is 3.39. The van der Waals surface area contributed by atoms with Crippen LogP contribution in [0.2, 0.25) is 0 Å². The number of aryl methyl sites for hydroxylation is 1. The lowest BCUT2D eigenvalue weighted by Gasteiger charge is -2.31. The van der Waals surface area contributed by atoms with Crippen LogP contribution in [0.15, 0.2) is 27.6 Å². The van der Waals surface area contributed by atoms with E-state index in [-0.39, 0.29) is 18.4 Å². The number of benzene rings is 1. The zero-order valence-electron chi connectivity index (χ0n) is 11.6. The lowest BCUT2D eigenvalue weighted by atomic mass is 10.1. The molecule has 1 aromatic rings. The normalized spacial score (nSPS) is 17.0. The molecule has 7 heteroatoms. The van der Waals surface area contributed by atoms with E-state index in [0.717, 1.165) is 31.5 Å². The van der Waals surface area contributed by atoms with Crippen LogP contribution in [0.4, 0.5) is 0 Å². The van der Waals surface area contributed by atoms with Gasteiger partial charge in [-0.25, -0.2) is 8.42 Å². The zero-order valence-corrected chi connectivity index (χ0v) is 14.8. The topological polar surface area (TPSA) is 49.4 Å². The van der Waals surface area contributed by atoms with Gasteiger partial charge in [-0.3, -0.25) is 0 Å². The number of sulfonamides is 1. The summed E-state index contributed by atoms with van der Waals surface area (Å²) in [7, 11) is -1.75. The Morgan fingerprint density at radius 1 is 1.30 bits per heavy atom. The highest BCUT2D eigenvalue weighted by Gasteiger charge is 2.30. The van der Waals surface area contributed by atoms with E-state index >= 15 is 0 Å². The summed E-state index contributed by atoms with van der Waals surface area (Å²) in [5.74, 6) is 0. The molecule has 0 radical (unpaired) electrons. The standard InChI is InChI=1S/C13H19BrN2O2S.ClH/c1-10-4-3-5-12(13(10)14)19(17,18)16(2)11-6-8-15-9-7-11;/h3-5,11,15H,6-9H2,1-2H3;1H. The van der Waals surface area contributed by atoms with Gasteiger partial charge in [-0.2, -0.15) is 4.31 Å². The highest BCUT2D eigenvalue weighted by atomic mass is 79.9. The summed E-state index contributed by atoms with van der Waals surface area (Å²) < 4.78 is 27.5. The number of hydrogen-bond donors (Lipinski definition) is 1. The van der Waals surface area contributed by atoms with Gasteiger partial charge in [-0.05, 0) is 60.4 Å². The Morgan fingerprint density at radius 2 is 1.90 bits per heavy atom. The first-order chi connectivity index (χ1) is 8.94. The van der Waals surface area contributed by atoms with Crippen LogP contribution in [0.1, 0.15) is 18.4 Å². The fourth-order valence-electron chi connectivity index (χ4n) is 2.34. The van der Waals surface area contributed by atoms with Gasteiger partial charge in [0.15, 0.2) is 0 Å². The average Bonchev–Trinajstić information content (AvgIpc) is 2.41. The lowest BCUT2D eigenvalue weighted by molar-refractivity contribution is 0.296. The summed E-state index contributed by atoms with van der Waals surface area (Å²) in [4.78, 5) is 0.355. The molecule has 0 atom stereocenters. The molecule has 0 unspecified atom stereocenters. The lowest BCUT2D eigenvalue weighted by Crippen LogP contribution is -2.43. The third-order valence-electron chi connectivity index (χ3n) is 3.64. The van der Waals surface area contributed by atoms with Crippen molar-refractivity contribution in [3.05, 3.63) is 28.2 Å². The maximum Gasteiger partial charge on any atom is 0.244 e. The molecule has 0 saturated carbocycles. The van der Waals surface area contributed by atoms with Crippen molar-refractivity contribution in [3.8, 4) is 0 Å². The van der Waals surface area contributed by atoms with E-state index in [9.17, 15) is 8.42 Å². The van der Waals surface area contributed by atoms with E-state index in [1.807, 2.05) is 13.0 Å². The first-order valence-corrected chi connectivity index (χ1v) is 8.62. The Morgan fingerprint density at radius 3 is 2.50 bits per heavy atom. The maximum absolute atomic E-state index is 12.7. The predicted molar refractivity (Wildman–Crippen MR) is 87.0 cm³/mol. The van der Waals surface area contributed by atoms with Crippen molar-refractivity contribution in [2.45, 2.75) is 30.7 Å². The first-order valence-electron chi connectivity index (χ1n) is 6.38. The summed E-state index contributed by atoms with van der Waals surface area (Å²) in [6, 6.07) is 5.42. The molecule has 0 aliphatic carbocycles. The third kappa shape index (κ3) is 3.54. The van der Waals surface area contributed by atoms with Gasteiger partial charge in [0.1, 0.15) is 0 Å². The number of rotatable bonds is 3. The van der Waals surface area contributed by atoms with Crippen LogP contribution in [0.25, 0.3) is 0 Å². The quantitative estimate of drug-likeness (QED) is 0.872. The number of halogens is 2. The van der Waals surface area contributed by atoms with Gasteiger partial charge in [-0.15, -0.1) is 12.4 Å². The molecule has 4 nitrogen and oxygen atoms in total. The number of nitrogens with zero attached hydrogens (tertiary/aromatic N) is 1. The second-order valence-electron chi connectivity index (χ2n) is 4.89. The molecule has 2 rings (SSSR count). The third-order valence-corrected chi connectivity index (χ3v) is 6.90. The molecule has 1 aliphatic rings. The Bertz CT molecular complexity index is 559. The fraction of sp³-hybridized carbons (Fsp3) is 0.538. The summed E-state index contributed by atoms with van der Waals surface area (Å²) in [5.41, 5.74) is 0.930. The molecule has 1 aromatic carbocycles. The second-order valence-corrected chi connectivity index (χ2v) is 7.65. The van der Waals surface area contributed by atoms with Gasteiger partial charge in [0.25, 0.3) is 0 Å². The molecule has 0 amide bonds. The minimum atomic E-state index is -3.43. The van der Waals surface area contributed by atoms with E-state index in [0.29, 0.717) is 9.37 Å². The monoisotopic (exact) mass is 382 g/mol. The SMILES string of the molecule is Cc1cccc(S(=O)(=O)N(C)C2CCNCC2)c1Br.Cl. The van der Waals surface area contributed by atoms with Gasteiger partial charge in [-0.1, -0.05) is 12.1 Å². The maximum atomic E-state index is 12.7. The highest BCUT2D eigenvalue weighted by Crippen LogP contribution is 2.29. The van der Waals surface area contributed by atoms with E-state index in [2.05, 4.69) is 21.2 Å². The molecule has 1 N–H and O–H groups in total. The molecule has 1 fully saturated rings. The second kappa shape index (κ2) is 7.22. The van der Waals surface area contributed by atoms with Crippen molar-refractivity contribution >= 4 is 38.4 Å². The van der Waals surface area contributed by atoms with Gasteiger partial charge in [0.2, 0.25) is 10.0 Å². The Kier molecular flexibility index (Phi) is 6.47. The molecule has 1 aliphatic heterocycles. The van der Waals surface area contributed by atoms with Gasteiger partial charge < -0.3 is 5.32 Å². The van der Waals surface area contributed by atoms with Crippen LogP contribution in [0.5, 0.6) is 0 Å². The highest BCUT2D eigenvalue weighted by molar-refractivity contribution is 9.10. The molecule has 0 aromatic heterocycles. The number of piperidine rings is 1. The van der Waals surface area contributed by atoms with Crippen LogP contribution in [0.3, 0.4) is 0 Å². The van der Waals surface area contributed by atoms with Crippen molar-refractivity contribution in [1.29, 1.82) is 0 Å². The van der Waals surface area contributed by atoms with Crippen LogP contribution in [0, 0.1) is 6.92 Å². The zero-order chi connectivity index (χ0) is 14.0. The van der Waals surface area contributed by atoms with Crippen LogP contribution in [-0.2, 0) is 10.0 Å². The van der Waals surface area contributed by atoms with E-state index < -0.39 is 10.0 Å². The number of nitrogens with one attached hydrogen (secondary N) is 1. The first kappa shape index (κ1) is 17.9. The van der Waals surface area contributed by atoms with Crippen molar-refractivity contribution < 1.29 is 8.42 Å². The summed E-state index contributed by atoms with van der Waals surface area (Å²) in [6.45, 7) is 3.65. The summed E-state index contributed by atoms with van der Waals surface area (Å²) in [5, 5.41) is 3.25. The molecule has 0 spiro atoms. The number of hydrogen-bond acceptors (Lipinski definition) is 3.